The summed E-state index contributed by atoms with van der Waals surface area (Å²) in [6.07, 6.45) is 66.7. The average Bonchev–Trinajstić information content (AvgIpc) is 3.27. The van der Waals surface area contributed by atoms with Crippen molar-refractivity contribution >= 4 is 11.9 Å². The zero-order valence-corrected chi connectivity index (χ0v) is 41.4. The molecule has 0 spiro atoms. The van der Waals surface area contributed by atoms with E-state index in [2.05, 4.69) is 81.5 Å². The summed E-state index contributed by atoms with van der Waals surface area (Å²) in [5.41, 5.74) is 0. The van der Waals surface area contributed by atoms with Crippen molar-refractivity contribution in [2.45, 2.75) is 271 Å². The Labute approximate surface area is 385 Å². The third-order valence-corrected chi connectivity index (χ3v) is 11.5. The molecule has 360 valence electrons. The quantitative estimate of drug-likeness (QED) is 0.0346. The Bertz CT molecular complexity index is 1070. The Morgan fingerprint density at radius 1 is 0.371 bits per heavy atom. The van der Waals surface area contributed by atoms with Crippen LogP contribution in [0.3, 0.4) is 0 Å². The Morgan fingerprint density at radius 2 is 0.742 bits per heavy atom. The van der Waals surface area contributed by atoms with Crippen molar-refractivity contribution in [1.29, 1.82) is 0 Å². The Kier molecular flexibility index (Phi) is 50.9. The minimum Gasteiger partial charge on any atom is -0.462 e. The Morgan fingerprint density at radius 3 is 1.23 bits per heavy atom. The van der Waals surface area contributed by atoms with Crippen LogP contribution in [-0.4, -0.2) is 37.9 Å². The molecule has 5 heteroatoms. The first-order valence-corrected chi connectivity index (χ1v) is 26.8. The van der Waals surface area contributed by atoms with E-state index in [-0.39, 0.29) is 25.2 Å². The van der Waals surface area contributed by atoms with Gasteiger partial charge >= 0.3 is 11.9 Å². The van der Waals surface area contributed by atoms with E-state index in [0.29, 0.717) is 19.4 Å². The van der Waals surface area contributed by atoms with Crippen LogP contribution in [0.1, 0.15) is 265 Å². The van der Waals surface area contributed by atoms with Gasteiger partial charge in [0.2, 0.25) is 0 Å². The second-order valence-corrected chi connectivity index (χ2v) is 17.8. The van der Waals surface area contributed by atoms with Crippen LogP contribution in [0.25, 0.3) is 0 Å². The maximum Gasteiger partial charge on any atom is 0.306 e. The highest BCUT2D eigenvalue weighted by Crippen LogP contribution is 2.16. The number of esters is 2. The van der Waals surface area contributed by atoms with Crippen LogP contribution in [-0.2, 0) is 23.8 Å². The van der Waals surface area contributed by atoms with Crippen LogP contribution in [0.15, 0.2) is 60.8 Å². The first-order chi connectivity index (χ1) is 30.6. The smallest absolute Gasteiger partial charge is 0.306 e. The minimum absolute atomic E-state index is 0.0707. The molecule has 0 saturated carbocycles. The lowest BCUT2D eigenvalue weighted by molar-refractivity contribution is -0.163. The first kappa shape index (κ1) is 59.6. The molecule has 0 aromatic carbocycles. The number of carbonyl (C=O) groups excluding carboxylic acids is 2. The van der Waals surface area contributed by atoms with Crippen molar-refractivity contribution in [3.8, 4) is 0 Å². The van der Waals surface area contributed by atoms with Gasteiger partial charge in [0.25, 0.3) is 0 Å². The second kappa shape index (κ2) is 52.9. The second-order valence-electron chi connectivity index (χ2n) is 17.8. The lowest BCUT2D eigenvalue weighted by Crippen LogP contribution is -2.30. The Balaban J connectivity index is 4.24. The molecule has 0 aromatic heterocycles. The third-order valence-electron chi connectivity index (χ3n) is 11.5. The molecule has 0 saturated heterocycles. The normalized spacial score (nSPS) is 12.6. The van der Waals surface area contributed by atoms with Gasteiger partial charge in [-0.2, -0.15) is 0 Å². The van der Waals surface area contributed by atoms with Crippen LogP contribution in [0.4, 0.5) is 0 Å². The molecule has 0 radical (unpaired) electrons. The summed E-state index contributed by atoms with van der Waals surface area (Å²) in [7, 11) is 0. The van der Waals surface area contributed by atoms with E-state index in [9.17, 15) is 9.59 Å². The predicted octanol–water partition coefficient (Wildman–Crippen LogP) is 18.1. The first-order valence-electron chi connectivity index (χ1n) is 26.8. The monoisotopic (exact) mass is 867 g/mol. The molecular weight excluding hydrogens is 765 g/mol. The maximum absolute atomic E-state index is 12.8. The van der Waals surface area contributed by atoms with E-state index in [1.54, 1.807) is 0 Å². The van der Waals surface area contributed by atoms with Crippen LogP contribution < -0.4 is 0 Å². The molecule has 0 rings (SSSR count). The van der Waals surface area contributed by atoms with Crippen LogP contribution >= 0.6 is 0 Å². The molecule has 62 heavy (non-hydrogen) atoms. The summed E-state index contributed by atoms with van der Waals surface area (Å²) in [4.78, 5) is 25.4. The molecule has 1 atom stereocenters. The van der Waals surface area contributed by atoms with E-state index in [1.165, 1.54) is 141 Å². The van der Waals surface area contributed by atoms with Gasteiger partial charge in [0.15, 0.2) is 6.10 Å². The van der Waals surface area contributed by atoms with Crippen molar-refractivity contribution < 1.29 is 23.8 Å². The average molecular weight is 867 g/mol. The highest BCUT2D eigenvalue weighted by Gasteiger charge is 2.17. The van der Waals surface area contributed by atoms with Gasteiger partial charge in [-0.15, -0.1) is 0 Å². The summed E-state index contributed by atoms with van der Waals surface area (Å²) >= 11 is 0. The summed E-state index contributed by atoms with van der Waals surface area (Å²) in [5, 5.41) is 0. The van der Waals surface area contributed by atoms with Gasteiger partial charge in [-0.3, -0.25) is 9.59 Å². The molecule has 0 heterocycles. The topological polar surface area (TPSA) is 61.8 Å². The van der Waals surface area contributed by atoms with Crippen molar-refractivity contribution in [3.63, 3.8) is 0 Å². The molecule has 0 aliphatic carbocycles. The number of carbonyl (C=O) groups is 2. The predicted molar refractivity (Wildman–Crippen MR) is 270 cm³/mol. The maximum atomic E-state index is 12.8. The number of allylic oxidation sites excluding steroid dienone is 10. The number of hydrogen-bond acceptors (Lipinski definition) is 5. The lowest BCUT2D eigenvalue weighted by atomic mass is 10.0. The van der Waals surface area contributed by atoms with Gasteiger partial charge in [-0.25, -0.2) is 0 Å². The molecule has 0 aromatic rings. The van der Waals surface area contributed by atoms with Gasteiger partial charge in [0, 0.05) is 19.4 Å². The molecule has 0 N–H and O–H groups in total. The summed E-state index contributed by atoms with van der Waals surface area (Å²) in [6, 6.07) is 0. The van der Waals surface area contributed by atoms with Gasteiger partial charge in [-0.05, 0) is 77.0 Å². The third kappa shape index (κ3) is 50.2. The molecule has 0 bridgehead atoms. The SMILES string of the molecule is CC/C=C\C/C=C\C/C=C\C/C=C\CCCCCOCC(COC(=O)CCCCCCCCCCCCCCCCCCCCC)OC(=O)CCCCCCC/C=C\CCCC. The van der Waals surface area contributed by atoms with E-state index in [0.717, 1.165) is 89.9 Å². The molecule has 1 unspecified atom stereocenters. The van der Waals surface area contributed by atoms with Gasteiger partial charge < -0.3 is 14.2 Å². The van der Waals surface area contributed by atoms with Gasteiger partial charge in [0.1, 0.15) is 6.61 Å². The highest BCUT2D eigenvalue weighted by atomic mass is 16.6. The van der Waals surface area contributed by atoms with Crippen molar-refractivity contribution in [2.75, 3.05) is 19.8 Å². The standard InChI is InChI=1S/C57H102O5/c1-4-7-10-13-16-19-22-24-26-28-29-30-31-33-36-38-41-44-47-50-56(58)61-54-55(62-57(59)51-48-45-42-39-35-21-18-15-12-9-6-3)53-60-52-49-46-43-40-37-34-32-27-25-23-20-17-14-11-8-5-2/h8,11,15,17-18,20,25,27,34,37,55H,4-7,9-10,12-14,16,19,21-24,26,28-33,35-36,38-54H2,1-3H3/b11-8-,18-15-,20-17-,27-25-,37-34-. The highest BCUT2D eigenvalue weighted by molar-refractivity contribution is 5.70. The van der Waals surface area contributed by atoms with Crippen molar-refractivity contribution in [3.05, 3.63) is 60.8 Å². The minimum atomic E-state index is -0.555. The summed E-state index contributed by atoms with van der Waals surface area (Å²) in [5.74, 6) is -0.417. The molecule has 0 aliphatic heterocycles. The van der Waals surface area contributed by atoms with Crippen molar-refractivity contribution in [1.82, 2.24) is 0 Å². The fourth-order valence-electron chi connectivity index (χ4n) is 7.54. The largest absolute Gasteiger partial charge is 0.462 e. The number of hydrogen-bond donors (Lipinski definition) is 0. The fourth-order valence-corrected chi connectivity index (χ4v) is 7.54. The molecule has 5 nitrogen and oxygen atoms in total. The van der Waals surface area contributed by atoms with Crippen LogP contribution in [0.5, 0.6) is 0 Å². The van der Waals surface area contributed by atoms with Gasteiger partial charge in [-0.1, -0.05) is 236 Å². The number of unbranched alkanes of at least 4 members (excludes halogenated alkanes) is 28. The van der Waals surface area contributed by atoms with Crippen LogP contribution in [0.2, 0.25) is 0 Å². The molecular formula is C57H102O5. The van der Waals surface area contributed by atoms with E-state index in [4.69, 9.17) is 14.2 Å². The Hall–Kier alpha value is -2.40. The lowest BCUT2D eigenvalue weighted by Gasteiger charge is -2.18. The molecule has 0 fully saturated rings. The summed E-state index contributed by atoms with van der Waals surface area (Å²) in [6.45, 7) is 7.63. The number of ether oxygens (including phenoxy) is 3. The van der Waals surface area contributed by atoms with Crippen molar-refractivity contribution in [2.24, 2.45) is 0 Å². The van der Waals surface area contributed by atoms with E-state index < -0.39 is 6.10 Å². The summed E-state index contributed by atoms with van der Waals surface area (Å²) < 4.78 is 17.4. The molecule has 0 aliphatic rings. The van der Waals surface area contributed by atoms with Gasteiger partial charge in [0.05, 0.1) is 6.61 Å². The van der Waals surface area contributed by atoms with E-state index >= 15 is 0 Å². The van der Waals surface area contributed by atoms with E-state index in [1.807, 2.05) is 0 Å². The van der Waals surface area contributed by atoms with Crippen LogP contribution in [0, 0.1) is 0 Å². The number of rotatable bonds is 49. The zero-order chi connectivity index (χ0) is 44.9. The fraction of sp³-hybridized carbons (Fsp3) is 0.789. The molecule has 0 amide bonds. The zero-order valence-electron chi connectivity index (χ0n) is 41.4.